The van der Waals surface area contributed by atoms with Crippen LogP contribution < -0.4 is 20.1 Å². The van der Waals surface area contributed by atoms with E-state index in [0.29, 0.717) is 18.4 Å². The number of ketones is 1. The van der Waals surface area contributed by atoms with Crippen LogP contribution in [0.1, 0.15) is 62.7 Å². The molecule has 10 heteroatoms. The molecule has 2 heterocycles. The molecule has 2 aliphatic heterocycles. The number of amides is 1. The molecule has 2 atom stereocenters. The summed E-state index contributed by atoms with van der Waals surface area (Å²) >= 11 is 0. The molecule has 0 spiro atoms. The van der Waals surface area contributed by atoms with Crippen LogP contribution in [0.4, 0.5) is 5.69 Å². The average molecular weight is 643 g/mol. The fourth-order valence-electron chi connectivity index (χ4n) is 5.48. The van der Waals surface area contributed by atoms with Crippen molar-refractivity contribution >= 4 is 40.3 Å². The number of carbonyl (C=O) groups excluding carboxylic acids is 3. The molecule has 1 aliphatic carbocycles. The predicted molar refractivity (Wildman–Crippen MR) is 183 cm³/mol. The monoisotopic (exact) mass is 642 g/mol. The summed E-state index contributed by atoms with van der Waals surface area (Å²) in [5.41, 5.74) is 4.44. The third-order valence-electron chi connectivity index (χ3n) is 8.17. The van der Waals surface area contributed by atoms with Crippen LogP contribution in [0, 0.1) is 0 Å². The number of fused-ring (bicyclic) bond motifs is 2. The summed E-state index contributed by atoms with van der Waals surface area (Å²) in [5.74, 6) is -0.468. The van der Waals surface area contributed by atoms with Gasteiger partial charge in [-0.15, -0.1) is 0 Å². The number of ether oxygens (including phenoxy) is 1. The fraction of sp³-hybridized carbons (Fsp3) is 0.378. The summed E-state index contributed by atoms with van der Waals surface area (Å²) in [6, 6.07) is 18.7. The number of carbonyl (C=O) groups is 4. The highest BCUT2D eigenvalue weighted by Crippen LogP contribution is 2.41. The number of nitrogens with zero attached hydrogens (tertiary/aromatic N) is 2. The lowest BCUT2D eigenvalue weighted by Crippen LogP contribution is -2.58. The standard InChI is InChI=1S/C24H22N2O3.C13H21NO4/c1-25(2)15-9-11-19-21(13-15)29-22-14-16(26(3)4)10-12-20(22)23(19)17-7-5-6-8-18(17)24(27)28;1-9(15)7-5-3-4-6-8-11(16)14-12-10(2)18-13(12)17/h5-14H,1-4H3;10,12H,3-8H2,1-2H3,(H,14,16)/p+1/t;10-,12+/m.1/s1. The average Bonchev–Trinajstić information content (AvgIpc) is 3.03. The van der Waals surface area contributed by atoms with Crippen LogP contribution >= 0.6 is 0 Å². The van der Waals surface area contributed by atoms with Crippen LogP contribution in [0.5, 0.6) is 0 Å². The van der Waals surface area contributed by atoms with Crippen LogP contribution in [0.2, 0.25) is 0 Å². The highest BCUT2D eigenvalue weighted by atomic mass is 16.6. The zero-order valence-electron chi connectivity index (χ0n) is 28.0. The van der Waals surface area contributed by atoms with Crippen LogP contribution in [0.25, 0.3) is 33.4 Å². The SMILES string of the molecule is CC(=O)CCCCCCC(=O)N[C@@H]1C(=O)O[C@@H]1C.CN(C)c1ccc2c(-c3ccccc3C(=O)O)c3ccc(=[N+](C)C)cc-3oc2c1. The van der Waals surface area contributed by atoms with E-state index in [1.165, 1.54) is 0 Å². The van der Waals surface area contributed by atoms with Gasteiger partial charge in [0.2, 0.25) is 11.3 Å². The molecule has 10 nitrogen and oxygen atoms in total. The Morgan fingerprint density at radius 2 is 1.62 bits per heavy atom. The first-order chi connectivity index (χ1) is 22.4. The summed E-state index contributed by atoms with van der Waals surface area (Å²) in [5, 5.41) is 14.3. The lowest BCUT2D eigenvalue weighted by molar-refractivity contribution is -0.176. The van der Waals surface area contributed by atoms with E-state index in [-0.39, 0.29) is 29.3 Å². The fourth-order valence-corrected chi connectivity index (χ4v) is 5.48. The number of benzene rings is 3. The lowest BCUT2D eigenvalue weighted by Gasteiger charge is -2.32. The van der Waals surface area contributed by atoms with Crippen LogP contribution in [-0.2, 0) is 19.1 Å². The number of rotatable bonds is 11. The maximum absolute atomic E-state index is 11.9. The molecule has 1 fully saturated rings. The highest BCUT2D eigenvalue weighted by Gasteiger charge is 2.39. The number of carboxylic acid groups (broad SMARTS) is 1. The molecule has 2 aromatic rings. The molecule has 248 valence electrons. The number of hydrogen-bond acceptors (Lipinski definition) is 7. The van der Waals surface area contributed by atoms with E-state index in [2.05, 4.69) is 5.32 Å². The first kappa shape index (κ1) is 34.9. The van der Waals surface area contributed by atoms with Crippen molar-refractivity contribution in [3.8, 4) is 22.5 Å². The van der Waals surface area contributed by atoms with Gasteiger partial charge in [-0.2, -0.15) is 0 Å². The molecule has 1 saturated heterocycles. The Hall–Kier alpha value is -4.99. The molecule has 0 radical (unpaired) electrons. The molecule has 2 aromatic carbocycles. The normalized spacial score (nSPS) is 15.2. The summed E-state index contributed by atoms with van der Waals surface area (Å²) in [4.78, 5) is 47.1. The molecule has 0 saturated carbocycles. The third-order valence-corrected chi connectivity index (χ3v) is 8.17. The van der Waals surface area contributed by atoms with Crippen molar-refractivity contribution in [1.29, 1.82) is 0 Å². The first-order valence-corrected chi connectivity index (χ1v) is 15.9. The second-order valence-electron chi connectivity index (χ2n) is 12.3. The molecule has 0 unspecified atom stereocenters. The number of carboxylic acids is 1. The van der Waals surface area contributed by atoms with Crippen LogP contribution in [0.15, 0.2) is 65.1 Å². The number of Topliss-reactive ketones (excluding diaryl/α,β-unsaturated/α-hetero) is 1. The topological polar surface area (TPSA) is 129 Å². The maximum atomic E-state index is 11.9. The van der Waals surface area contributed by atoms with Gasteiger partial charge in [0, 0.05) is 61.3 Å². The van der Waals surface area contributed by atoms with Crippen molar-refractivity contribution in [3.63, 3.8) is 0 Å². The number of esters is 1. The Bertz CT molecular complexity index is 1820. The summed E-state index contributed by atoms with van der Waals surface area (Å²) in [6.45, 7) is 3.35. The van der Waals surface area contributed by atoms with E-state index in [4.69, 9.17) is 9.15 Å². The van der Waals surface area contributed by atoms with Gasteiger partial charge in [-0.1, -0.05) is 31.0 Å². The minimum Gasteiger partial charge on any atom is -0.478 e. The van der Waals surface area contributed by atoms with Gasteiger partial charge in [0.15, 0.2) is 6.04 Å². The van der Waals surface area contributed by atoms with Gasteiger partial charge >= 0.3 is 11.9 Å². The van der Waals surface area contributed by atoms with Crippen LogP contribution in [-0.4, -0.2) is 69.1 Å². The number of unbranched alkanes of at least 4 members (excludes halogenated alkanes) is 3. The maximum Gasteiger partial charge on any atom is 0.336 e. The minimum absolute atomic E-state index is 0.102. The van der Waals surface area contributed by atoms with Gasteiger partial charge in [0.1, 0.15) is 37.3 Å². The van der Waals surface area contributed by atoms with Gasteiger partial charge in [-0.3, -0.25) is 4.79 Å². The Morgan fingerprint density at radius 3 is 2.23 bits per heavy atom. The van der Waals surface area contributed by atoms with Crippen molar-refractivity contribution in [2.24, 2.45) is 0 Å². The summed E-state index contributed by atoms with van der Waals surface area (Å²) in [6.07, 6.45) is 4.42. The number of cyclic esters (lactones) is 1. The molecule has 1 amide bonds. The quantitative estimate of drug-likeness (QED) is 0.0971. The van der Waals surface area contributed by atoms with Gasteiger partial charge in [0.05, 0.1) is 11.6 Å². The largest absolute Gasteiger partial charge is 0.478 e. The van der Waals surface area contributed by atoms with E-state index < -0.39 is 12.0 Å². The summed E-state index contributed by atoms with van der Waals surface area (Å²) < 4.78 is 13.1. The molecule has 2 N–H and O–H groups in total. The Kier molecular flexibility index (Phi) is 11.5. The molecular weight excluding hydrogens is 598 g/mol. The van der Waals surface area contributed by atoms with Crippen molar-refractivity contribution in [2.75, 3.05) is 33.1 Å². The Labute approximate surface area is 275 Å². The van der Waals surface area contributed by atoms with Gasteiger partial charge in [-0.25, -0.2) is 14.2 Å². The molecular formula is C37H44N3O7+. The summed E-state index contributed by atoms with van der Waals surface area (Å²) in [7, 11) is 7.92. The number of hydrogen-bond donors (Lipinski definition) is 2. The van der Waals surface area contributed by atoms with Crippen molar-refractivity contribution in [3.05, 3.63) is 71.6 Å². The van der Waals surface area contributed by atoms with E-state index in [1.54, 1.807) is 26.0 Å². The van der Waals surface area contributed by atoms with E-state index in [9.17, 15) is 24.3 Å². The zero-order chi connectivity index (χ0) is 34.2. The molecule has 0 bridgehead atoms. The second kappa shape index (κ2) is 15.5. The van der Waals surface area contributed by atoms with E-state index in [0.717, 1.165) is 64.6 Å². The Morgan fingerprint density at radius 1 is 0.915 bits per heavy atom. The smallest absolute Gasteiger partial charge is 0.336 e. The molecule has 5 rings (SSSR count). The zero-order valence-corrected chi connectivity index (χ0v) is 28.0. The molecule has 3 aliphatic rings. The van der Waals surface area contributed by atoms with E-state index >= 15 is 0 Å². The molecule has 0 aromatic heterocycles. The van der Waals surface area contributed by atoms with Gasteiger partial charge in [-0.05, 0) is 56.5 Å². The number of anilines is 1. The van der Waals surface area contributed by atoms with Crippen molar-refractivity contribution in [2.45, 2.75) is 64.5 Å². The predicted octanol–water partition coefficient (Wildman–Crippen LogP) is 5.35. The number of aromatic carboxylic acids is 1. The van der Waals surface area contributed by atoms with Crippen molar-refractivity contribution < 1.29 is 33.4 Å². The molecule has 47 heavy (non-hydrogen) atoms. The van der Waals surface area contributed by atoms with Crippen molar-refractivity contribution in [1.82, 2.24) is 9.89 Å². The van der Waals surface area contributed by atoms with Gasteiger partial charge in [0.25, 0.3) is 0 Å². The number of nitrogens with one attached hydrogen (secondary N) is 1. The van der Waals surface area contributed by atoms with Crippen LogP contribution in [0.3, 0.4) is 0 Å². The third kappa shape index (κ3) is 8.64. The lowest BCUT2D eigenvalue weighted by atomic mass is 9.90. The minimum atomic E-state index is -0.947. The van der Waals surface area contributed by atoms with E-state index in [1.807, 2.05) is 86.2 Å². The van der Waals surface area contributed by atoms with Gasteiger partial charge < -0.3 is 29.3 Å². The second-order valence-corrected chi connectivity index (χ2v) is 12.3. The first-order valence-electron chi connectivity index (χ1n) is 15.9. The highest BCUT2D eigenvalue weighted by molar-refractivity contribution is 6.07. The Balaban J connectivity index is 0.000000240.